The van der Waals surface area contributed by atoms with Crippen LogP contribution in [-0.4, -0.2) is 36.8 Å². The normalized spacial score (nSPS) is 19.5. The Morgan fingerprint density at radius 2 is 2.18 bits per heavy atom. The number of phenolic OH excluding ortho intramolecular Hbond substituents is 1. The van der Waals surface area contributed by atoms with Gasteiger partial charge >= 0.3 is 0 Å². The third-order valence-corrected chi connectivity index (χ3v) is 3.88. The van der Waals surface area contributed by atoms with E-state index in [-0.39, 0.29) is 23.9 Å². The fourth-order valence-electron chi connectivity index (χ4n) is 2.63. The van der Waals surface area contributed by atoms with Crippen LogP contribution in [0.5, 0.6) is 5.75 Å². The molecule has 0 unspecified atom stereocenters. The largest absolute Gasteiger partial charge is 0.506 e. The minimum Gasteiger partial charge on any atom is -0.506 e. The molecule has 2 heterocycles. The van der Waals surface area contributed by atoms with Gasteiger partial charge in [0.2, 0.25) is 0 Å². The van der Waals surface area contributed by atoms with Crippen LogP contribution in [0.4, 0.5) is 10.1 Å². The number of nitrogens with one attached hydrogen (secondary N) is 3. The van der Waals surface area contributed by atoms with Crippen molar-refractivity contribution < 1.29 is 19.0 Å². The van der Waals surface area contributed by atoms with Crippen molar-refractivity contribution in [3.05, 3.63) is 23.5 Å². The number of phenols is 1. The molecule has 0 saturated carbocycles. The molecule has 0 spiro atoms. The van der Waals surface area contributed by atoms with Crippen LogP contribution in [0.25, 0.3) is 0 Å². The number of carbonyl (C=O) groups is 1. The lowest BCUT2D eigenvalue weighted by molar-refractivity contribution is -0.118. The summed E-state index contributed by atoms with van der Waals surface area (Å²) >= 11 is 0. The third kappa shape index (κ3) is 3.13. The fraction of sp³-hybridized carbons (Fsp3) is 0.500. The second-order valence-electron chi connectivity index (χ2n) is 5.42. The average Bonchev–Trinajstić information content (AvgIpc) is 2.94. The van der Waals surface area contributed by atoms with Crippen molar-refractivity contribution >= 4 is 11.6 Å². The van der Waals surface area contributed by atoms with Gasteiger partial charge in [0.25, 0.3) is 5.91 Å². The molecular formula is C14H19FN4O3. The van der Waals surface area contributed by atoms with Gasteiger partial charge in [-0.1, -0.05) is 6.07 Å². The van der Waals surface area contributed by atoms with Gasteiger partial charge in [0.05, 0.1) is 0 Å². The van der Waals surface area contributed by atoms with Crippen molar-refractivity contribution in [1.82, 2.24) is 16.3 Å². The maximum absolute atomic E-state index is 14.6. The van der Waals surface area contributed by atoms with E-state index < -0.39 is 5.82 Å². The monoisotopic (exact) mass is 310 g/mol. The molecular weight excluding hydrogens is 291 g/mol. The van der Waals surface area contributed by atoms with Crippen molar-refractivity contribution in [1.29, 1.82) is 0 Å². The molecule has 2 fully saturated rings. The molecule has 0 atom stereocenters. The number of nitrogens with zero attached hydrogens (tertiary/aromatic N) is 1. The quantitative estimate of drug-likeness (QED) is 0.634. The molecule has 1 aromatic rings. The van der Waals surface area contributed by atoms with E-state index in [0.29, 0.717) is 31.4 Å². The summed E-state index contributed by atoms with van der Waals surface area (Å²) < 4.78 is 19.9. The zero-order chi connectivity index (χ0) is 15.5. The van der Waals surface area contributed by atoms with Gasteiger partial charge in [0.1, 0.15) is 18.0 Å². The number of hydrogen-bond acceptors (Lipinski definition) is 6. The van der Waals surface area contributed by atoms with E-state index in [0.717, 1.165) is 12.8 Å². The predicted molar refractivity (Wildman–Crippen MR) is 77.4 cm³/mol. The average molecular weight is 310 g/mol. The maximum atomic E-state index is 14.6. The van der Waals surface area contributed by atoms with Crippen LogP contribution in [0.1, 0.15) is 18.4 Å². The summed E-state index contributed by atoms with van der Waals surface area (Å²) in [6, 6.07) is 3.29. The van der Waals surface area contributed by atoms with Crippen molar-refractivity contribution in [2.45, 2.75) is 25.4 Å². The standard InChI is InChI=1S/C14H19FN4O3/c15-13-9(7-16-10-3-5-22-6-4-10)1-2-11(20)14(13)19-8-12(21)17-18-19/h1-2,10,16,18,20H,3-8H2,(H,17,21). The van der Waals surface area contributed by atoms with E-state index >= 15 is 0 Å². The minimum absolute atomic E-state index is 0.0235. The topological polar surface area (TPSA) is 85.9 Å². The molecule has 2 aliphatic rings. The highest BCUT2D eigenvalue weighted by atomic mass is 19.1. The highest BCUT2D eigenvalue weighted by Crippen LogP contribution is 2.32. The third-order valence-electron chi connectivity index (χ3n) is 3.88. The molecule has 4 N–H and O–H groups in total. The summed E-state index contributed by atoms with van der Waals surface area (Å²) in [7, 11) is 0. The molecule has 120 valence electrons. The number of rotatable bonds is 4. The molecule has 1 aromatic carbocycles. The lowest BCUT2D eigenvalue weighted by atomic mass is 10.1. The van der Waals surface area contributed by atoms with Crippen LogP contribution in [0, 0.1) is 5.82 Å². The van der Waals surface area contributed by atoms with Gasteiger partial charge in [-0.2, -0.15) is 0 Å². The van der Waals surface area contributed by atoms with Crippen LogP contribution in [0.3, 0.4) is 0 Å². The van der Waals surface area contributed by atoms with E-state index in [4.69, 9.17) is 4.74 Å². The number of halogens is 1. The van der Waals surface area contributed by atoms with Crippen LogP contribution >= 0.6 is 0 Å². The summed E-state index contributed by atoms with van der Waals surface area (Å²) in [5.41, 5.74) is 5.31. The molecule has 0 aromatic heterocycles. The fourth-order valence-corrected chi connectivity index (χ4v) is 2.63. The van der Waals surface area contributed by atoms with Crippen LogP contribution in [0.15, 0.2) is 12.1 Å². The van der Waals surface area contributed by atoms with E-state index in [9.17, 15) is 14.3 Å². The van der Waals surface area contributed by atoms with Gasteiger partial charge in [-0.25, -0.2) is 4.39 Å². The summed E-state index contributed by atoms with van der Waals surface area (Å²) in [6.07, 6.45) is 1.80. The van der Waals surface area contributed by atoms with E-state index in [2.05, 4.69) is 16.3 Å². The highest BCUT2D eigenvalue weighted by molar-refractivity contribution is 5.84. The number of aromatic hydroxyl groups is 1. The summed E-state index contributed by atoms with van der Waals surface area (Å²) in [5.74, 6) is -1.04. The van der Waals surface area contributed by atoms with E-state index in [1.807, 2.05) is 0 Å². The minimum atomic E-state index is -0.538. The Morgan fingerprint density at radius 1 is 1.41 bits per heavy atom. The first-order valence-corrected chi connectivity index (χ1v) is 7.28. The zero-order valence-corrected chi connectivity index (χ0v) is 12.1. The number of carbonyl (C=O) groups excluding carboxylic acids is 1. The molecule has 0 bridgehead atoms. The zero-order valence-electron chi connectivity index (χ0n) is 12.1. The lowest BCUT2D eigenvalue weighted by Gasteiger charge is -2.24. The van der Waals surface area contributed by atoms with Crippen LogP contribution < -0.4 is 21.3 Å². The van der Waals surface area contributed by atoms with Gasteiger partial charge in [0, 0.05) is 31.4 Å². The van der Waals surface area contributed by atoms with E-state index in [1.54, 1.807) is 6.07 Å². The summed E-state index contributed by atoms with van der Waals surface area (Å²) in [6.45, 7) is 1.74. The summed E-state index contributed by atoms with van der Waals surface area (Å²) in [5, 5.41) is 14.4. The van der Waals surface area contributed by atoms with Gasteiger partial charge in [-0.3, -0.25) is 15.2 Å². The number of ether oxygens (including phenoxy) is 1. The molecule has 1 amide bonds. The molecule has 22 heavy (non-hydrogen) atoms. The number of amides is 1. The second-order valence-corrected chi connectivity index (χ2v) is 5.42. The molecule has 3 rings (SSSR count). The Kier molecular flexibility index (Phi) is 4.41. The predicted octanol–water partition coefficient (Wildman–Crippen LogP) is 0.156. The smallest absolute Gasteiger partial charge is 0.256 e. The molecule has 2 saturated heterocycles. The first-order chi connectivity index (χ1) is 10.6. The Bertz CT molecular complexity index is 563. The van der Waals surface area contributed by atoms with E-state index in [1.165, 1.54) is 11.1 Å². The van der Waals surface area contributed by atoms with Gasteiger partial charge in [-0.05, 0) is 18.9 Å². The van der Waals surface area contributed by atoms with Crippen molar-refractivity contribution in [3.63, 3.8) is 0 Å². The SMILES string of the molecule is O=C1CN(c2c(O)ccc(CNC3CCOCC3)c2F)NN1. The Balaban J connectivity index is 1.73. The van der Waals surface area contributed by atoms with Gasteiger partial charge in [0.15, 0.2) is 5.82 Å². The Hall–Kier alpha value is -1.90. The van der Waals surface area contributed by atoms with Gasteiger partial charge in [-0.15, -0.1) is 5.53 Å². The summed E-state index contributed by atoms with van der Waals surface area (Å²) in [4.78, 5) is 11.2. The Morgan fingerprint density at radius 3 is 2.86 bits per heavy atom. The highest BCUT2D eigenvalue weighted by Gasteiger charge is 2.26. The van der Waals surface area contributed by atoms with Crippen molar-refractivity contribution in [2.24, 2.45) is 0 Å². The second kappa shape index (κ2) is 6.47. The van der Waals surface area contributed by atoms with Crippen molar-refractivity contribution in [2.75, 3.05) is 24.8 Å². The number of benzene rings is 1. The number of anilines is 1. The molecule has 7 nitrogen and oxygen atoms in total. The van der Waals surface area contributed by atoms with Crippen LogP contribution in [0.2, 0.25) is 0 Å². The number of hydrazine groups is 2. The molecule has 8 heteroatoms. The molecule has 0 aliphatic carbocycles. The molecule has 2 aliphatic heterocycles. The Labute approximate surface area is 127 Å². The van der Waals surface area contributed by atoms with Crippen molar-refractivity contribution in [3.8, 4) is 5.75 Å². The first kappa shape index (κ1) is 15.0. The van der Waals surface area contributed by atoms with Crippen LogP contribution in [-0.2, 0) is 16.1 Å². The first-order valence-electron chi connectivity index (χ1n) is 7.28. The van der Waals surface area contributed by atoms with Gasteiger partial charge < -0.3 is 15.2 Å². The maximum Gasteiger partial charge on any atom is 0.256 e. The lowest BCUT2D eigenvalue weighted by Crippen LogP contribution is -2.37. The number of hydrogen-bond donors (Lipinski definition) is 4. The molecule has 0 radical (unpaired) electrons.